The lowest BCUT2D eigenvalue weighted by Gasteiger charge is -2.23. The van der Waals surface area contributed by atoms with Gasteiger partial charge in [0.2, 0.25) is 11.8 Å². The molecule has 1 aliphatic rings. The van der Waals surface area contributed by atoms with Gasteiger partial charge in [0.15, 0.2) is 0 Å². The van der Waals surface area contributed by atoms with Crippen molar-refractivity contribution in [1.82, 2.24) is 25.1 Å². The standard InChI is InChI=1S/C23H22N6O3/c1-14(30)27-20-3-2-16(13-26-20)19-12-15(4-8-24-19)22-21-18(28-29-22)5-9-25-23(21)32-17-6-10-31-11-7-17/h2-5,8-9,12-13,17H,6-7,10-11H2,1H3,(H,28,29)(H,26,27,30). The molecule has 4 aromatic rings. The van der Waals surface area contributed by atoms with Crippen molar-refractivity contribution in [1.29, 1.82) is 0 Å². The van der Waals surface area contributed by atoms with E-state index in [-0.39, 0.29) is 12.0 Å². The Labute approximate surface area is 184 Å². The maximum Gasteiger partial charge on any atom is 0.225 e. The number of anilines is 1. The maximum absolute atomic E-state index is 11.2. The van der Waals surface area contributed by atoms with Gasteiger partial charge >= 0.3 is 0 Å². The summed E-state index contributed by atoms with van der Waals surface area (Å²) in [4.78, 5) is 24.5. The zero-order chi connectivity index (χ0) is 21.9. The third-order valence-electron chi connectivity index (χ3n) is 5.28. The van der Waals surface area contributed by atoms with Crippen molar-refractivity contribution in [2.75, 3.05) is 18.5 Å². The average molecular weight is 430 g/mol. The lowest BCUT2D eigenvalue weighted by Crippen LogP contribution is -2.26. The highest BCUT2D eigenvalue weighted by Crippen LogP contribution is 2.34. The minimum atomic E-state index is -0.164. The Hall–Kier alpha value is -3.85. The molecule has 0 aromatic carbocycles. The van der Waals surface area contributed by atoms with E-state index in [0.29, 0.717) is 24.9 Å². The lowest BCUT2D eigenvalue weighted by atomic mass is 10.1. The molecular weight excluding hydrogens is 408 g/mol. The van der Waals surface area contributed by atoms with Crippen molar-refractivity contribution in [2.45, 2.75) is 25.9 Å². The Morgan fingerprint density at radius 1 is 1.09 bits per heavy atom. The van der Waals surface area contributed by atoms with E-state index >= 15 is 0 Å². The highest BCUT2D eigenvalue weighted by Gasteiger charge is 2.20. The van der Waals surface area contributed by atoms with Crippen molar-refractivity contribution >= 4 is 22.6 Å². The first-order chi connectivity index (χ1) is 15.7. The molecule has 4 aromatic heterocycles. The molecule has 0 atom stereocenters. The number of rotatable bonds is 5. The molecule has 1 saturated heterocycles. The highest BCUT2D eigenvalue weighted by molar-refractivity contribution is 5.96. The zero-order valence-corrected chi connectivity index (χ0v) is 17.5. The number of nitrogens with zero attached hydrogens (tertiary/aromatic N) is 4. The molecule has 9 heteroatoms. The smallest absolute Gasteiger partial charge is 0.225 e. The minimum absolute atomic E-state index is 0.0748. The topological polar surface area (TPSA) is 115 Å². The molecule has 0 bridgehead atoms. The van der Waals surface area contributed by atoms with E-state index < -0.39 is 0 Å². The summed E-state index contributed by atoms with van der Waals surface area (Å²) in [7, 11) is 0. The van der Waals surface area contributed by atoms with Crippen molar-refractivity contribution in [2.24, 2.45) is 0 Å². The van der Waals surface area contributed by atoms with Crippen LogP contribution in [0.1, 0.15) is 19.8 Å². The van der Waals surface area contributed by atoms with Crippen LogP contribution >= 0.6 is 0 Å². The fourth-order valence-electron chi connectivity index (χ4n) is 3.72. The van der Waals surface area contributed by atoms with Crippen molar-refractivity contribution < 1.29 is 14.3 Å². The number of pyridine rings is 3. The molecule has 1 aliphatic heterocycles. The Morgan fingerprint density at radius 2 is 1.94 bits per heavy atom. The molecule has 0 unspecified atom stereocenters. The number of carbonyl (C=O) groups excluding carboxylic acids is 1. The first-order valence-electron chi connectivity index (χ1n) is 10.5. The molecule has 2 N–H and O–H groups in total. The summed E-state index contributed by atoms with van der Waals surface area (Å²) < 4.78 is 11.7. The third kappa shape index (κ3) is 4.15. The minimum Gasteiger partial charge on any atom is -0.474 e. The van der Waals surface area contributed by atoms with Gasteiger partial charge in [0, 0.05) is 49.5 Å². The van der Waals surface area contributed by atoms with E-state index in [1.807, 2.05) is 24.3 Å². The number of nitrogens with one attached hydrogen (secondary N) is 2. The van der Waals surface area contributed by atoms with E-state index in [4.69, 9.17) is 9.47 Å². The van der Waals surface area contributed by atoms with Gasteiger partial charge in [-0.05, 0) is 30.3 Å². The Morgan fingerprint density at radius 3 is 2.72 bits per heavy atom. The molecule has 5 heterocycles. The van der Waals surface area contributed by atoms with Gasteiger partial charge in [-0.25, -0.2) is 9.97 Å². The monoisotopic (exact) mass is 430 g/mol. The van der Waals surface area contributed by atoms with Crippen LogP contribution in [-0.4, -0.2) is 50.4 Å². The number of aromatic amines is 1. The molecule has 162 valence electrons. The van der Waals surface area contributed by atoms with Crippen LogP contribution in [0.2, 0.25) is 0 Å². The van der Waals surface area contributed by atoms with Gasteiger partial charge < -0.3 is 14.8 Å². The molecular formula is C23H22N6O3. The fraction of sp³-hybridized carbons (Fsp3) is 0.261. The third-order valence-corrected chi connectivity index (χ3v) is 5.28. The quantitative estimate of drug-likeness (QED) is 0.497. The molecule has 9 nitrogen and oxygen atoms in total. The van der Waals surface area contributed by atoms with Crippen LogP contribution < -0.4 is 10.1 Å². The number of amides is 1. The molecule has 0 saturated carbocycles. The fourth-order valence-corrected chi connectivity index (χ4v) is 3.72. The normalized spacial score (nSPS) is 14.4. The number of hydrogen-bond acceptors (Lipinski definition) is 7. The molecule has 32 heavy (non-hydrogen) atoms. The van der Waals surface area contributed by atoms with Gasteiger partial charge in [-0.1, -0.05) is 0 Å². The van der Waals surface area contributed by atoms with E-state index in [1.165, 1.54) is 6.92 Å². The van der Waals surface area contributed by atoms with Crippen LogP contribution in [0.15, 0.2) is 48.9 Å². The summed E-state index contributed by atoms with van der Waals surface area (Å²) in [6.07, 6.45) is 6.90. The van der Waals surface area contributed by atoms with Gasteiger partial charge in [-0.15, -0.1) is 0 Å². The number of fused-ring (bicyclic) bond motifs is 1. The summed E-state index contributed by atoms with van der Waals surface area (Å²) >= 11 is 0. The van der Waals surface area contributed by atoms with Crippen LogP contribution in [-0.2, 0) is 9.53 Å². The van der Waals surface area contributed by atoms with Crippen molar-refractivity contribution in [3.05, 3.63) is 48.9 Å². The lowest BCUT2D eigenvalue weighted by molar-refractivity contribution is -0.114. The first kappa shape index (κ1) is 20.1. The molecule has 0 spiro atoms. The number of H-pyrrole nitrogens is 1. The zero-order valence-electron chi connectivity index (χ0n) is 17.5. The predicted octanol–water partition coefficient (Wildman–Crippen LogP) is 3.60. The summed E-state index contributed by atoms with van der Waals surface area (Å²) in [5.74, 6) is 0.901. The van der Waals surface area contributed by atoms with E-state index in [9.17, 15) is 4.79 Å². The second kappa shape index (κ2) is 8.72. The SMILES string of the molecule is CC(=O)Nc1ccc(-c2cc(-c3n[nH]c4ccnc(OC5CCOCC5)c34)ccn2)cn1. The second-order valence-corrected chi connectivity index (χ2v) is 7.58. The van der Waals surface area contributed by atoms with Gasteiger partial charge in [-0.3, -0.25) is 14.9 Å². The molecule has 1 fully saturated rings. The average Bonchev–Trinajstić information content (AvgIpc) is 3.25. The number of hydrogen-bond donors (Lipinski definition) is 2. The maximum atomic E-state index is 11.2. The summed E-state index contributed by atoms with van der Waals surface area (Å²) in [5, 5.41) is 11.1. The van der Waals surface area contributed by atoms with E-state index in [1.54, 1.807) is 24.7 Å². The van der Waals surface area contributed by atoms with Crippen LogP contribution in [0.4, 0.5) is 5.82 Å². The van der Waals surface area contributed by atoms with E-state index in [2.05, 4.69) is 30.5 Å². The molecule has 0 aliphatic carbocycles. The van der Waals surface area contributed by atoms with Gasteiger partial charge in [-0.2, -0.15) is 5.10 Å². The second-order valence-electron chi connectivity index (χ2n) is 7.58. The van der Waals surface area contributed by atoms with Gasteiger partial charge in [0.25, 0.3) is 0 Å². The Balaban J connectivity index is 1.48. The van der Waals surface area contributed by atoms with E-state index in [0.717, 1.165) is 46.3 Å². The molecule has 1 amide bonds. The van der Waals surface area contributed by atoms with Crippen molar-refractivity contribution in [3.63, 3.8) is 0 Å². The highest BCUT2D eigenvalue weighted by atomic mass is 16.5. The van der Waals surface area contributed by atoms with Crippen molar-refractivity contribution in [3.8, 4) is 28.4 Å². The van der Waals surface area contributed by atoms with Crippen LogP contribution in [0.25, 0.3) is 33.4 Å². The molecule has 0 radical (unpaired) electrons. The number of ether oxygens (including phenoxy) is 2. The number of carbonyl (C=O) groups is 1. The Kier molecular flexibility index (Phi) is 5.47. The Bertz CT molecular complexity index is 1250. The summed E-state index contributed by atoms with van der Waals surface area (Å²) in [5.41, 5.74) is 4.07. The van der Waals surface area contributed by atoms with Crippen LogP contribution in [0, 0.1) is 0 Å². The van der Waals surface area contributed by atoms with Crippen LogP contribution in [0.3, 0.4) is 0 Å². The predicted molar refractivity (Wildman–Crippen MR) is 119 cm³/mol. The molecule has 5 rings (SSSR count). The number of aromatic nitrogens is 5. The summed E-state index contributed by atoms with van der Waals surface area (Å²) in [6, 6.07) is 9.36. The van der Waals surface area contributed by atoms with Gasteiger partial charge in [0.1, 0.15) is 17.6 Å². The summed E-state index contributed by atoms with van der Waals surface area (Å²) in [6.45, 7) is 2.84. The first-order valence-corrected chi connectivity index (χ1v) is 10.5. The largest absolute Gasteiger partial charge is 0.474 e. The van der Waals surface area contributed by atoms with Crippen LogP contribution in [0.5, 0.6) is 5.88 Å². The van der Waals surface area contributed by atoms with Gasteiger partial charge in [0.05, 0.1) is 29.8 Å².